The van der Waals surface area contributed by atoms with Crippen molar-refractivity contribution in [3.8, 4) is 0 Å². The summed E-state index contributed by atoms with van der Waals surface area (Å²) in [4.78, 5) is 0. The molecule has 2 unspecified atom stereocenters. The molecule has 0 aromatic heterocycles. The van der Waals surface area contributed by atoms with E-state index in [2.05, 4.69) is 13.8 Å². The topological polar surface area (TPSA) is 9.23 Å². The van der Waals surface area contributed by atoms with Gasteiger partial charge in [-0.05, 0) is 61.7 Å². The first-order chi connectivity index (χ1) is 12.3. The maximum absolute atomic E-state index is 6.29. The quantitative estimate of drug-likeness (QED) is 0.466. The van der Waals surface area contributed by atoms with Crippen molar-refractivity contribution in [2.75, 3.05) is 6.61 Å². The van der Waals surface area contributed by atoms with Crippen LogP contribution in [0.5, 0.6) is 0 Å². The Morgan fingerprint density at radius 3 is 1.68 bits per heavy atom. The second kappa shape index (κ2) is 10.3. The third-order valence-corrected chi connectivity index (χ3v) is 8.05. The van der Waals surface area contributed by atoms with E-state index >= 15 is 0 Å². The lowest BCUT2D eigenvalue weighted by molar-refractivity contribution is -0.0597. The van der Waals surface area contributed by atoms with E-state index in [0.717, 1.165) is 36.2 Å². The van der Waals surface area contributed by atoms with Crippen molar-refractivity contribution in [2.45, 2.75) is 116 Å². The molecule has 0 N–H and O–H groups in total. The monoisotopic (exact) mass is 348 g/mol. The van der Waals surface area contributed by atoms with Gasteiger partial charge in [0.2, 0.25) is 0 Å². The van der Waals surface area contributed by atoms with Gasteiger partial charge in [0, 0.05) is 6.61 Å². The molecule has 0 aromatic rings. The van der Waals surface area contributed by atoms with E-state index in [9.17, 15) is 0 Å². The molecule has 2 saturated carbocycles. The summed E-state index contributed by atoms with van der Waals surface area (Å²) in [7, 11) is 0. The molecule has 0 radical (unpaired) electrons. The Bertz CT molecular complexity index is 341. The molecule has 1 heteroatoms. The highest BCUT2D eigenvalue weighted by atomic mass is 16.5. The van der Waals surface area contributed by atoms with Crippen LogP contribution in [0.3, 0.4) is 0 Å². The lowest BCUT2D eigenvalue weighted by atomic mass is 9.73. The zero-order chi connectivity index (χ0) is 17.5. The van der Waals surface area contributed by atoms with E-state index in [1.807, 2.05) is 0 Å². The molecular formula is C24H44O. The lowest BCUT2D eigenvalue weighted by Gasteiger charge is -2.38. The second-order valence-electron chi connectivity index (χ2n) is 9.76. The van der Waals surface area contributed by atoms with Gasteiger partial charge in [0.05, 0.1) is 6.10 Å². The summed E-state index contributed by atoms with van der Waals surface area (Å²) in [5, 5.41) is 0. The standard InChI is InChI=1S/C24H44O/c1-3-5-22-14-17-24(25-18-22)23-15-12-21(13-16-23)11-10-20-8-6-19(4-2)7-9-20/h19-24H,3-18H2,1-2H3. The van der Waals surface area contributed by atoms with Gasteiger partial charge in [-0.3, -0.25) is 0 Å². The van der Waals surface area contributed by atoms with Crippen LogP contribution in [0.4, 0.5) is 0 Å². The Morgan fingerprint density at radius 2 is 1.16 bits per heavy atom. The molecule has 1 heterocycles. The van der Waals surface area contributed by atoms with Crippen LogP contribution in [0.2, 0.25) is 0 Å². The van der Waals surface area contributed by atoms with Crippen LogP contribution in [0.25, 0.3) is 0 Å². The molecule has 146 valence electrons. The molecule has 1 saturated heterocycles. The second-order valence-corrected chi connectivity index (χ2v) is 9.76. The van der Waals surface area contributed by atoms with Crippen LogP contribution in [-0.4, -0.2) is 12.7 Å². The molecule has 0 spiro atoms. The van der Waals surface area contributed by atoms with E-state index in [1.165, 1.54) is 96.3 Å². The number of hydrogen-bond acceptors (Lipinski definition) is 1. The highest BCUT2D eigenvalue weighted by molar-refractivity contribution is 4.82. The average molecular weight is 349 g/mol. The summed E-state index contributed by atoms with van der Waals surface area (Å²) in [5.74, 6) is 4.91. The first-order valence-electron chi connectivity index (χ1n) is 11.9. The molecular weight excluding hydrogens is 304 g/mol. The zero-order valence-electron chi connectivity index (χ0n) is 17.2. The number of hydrogen-bond donors (Lipinski definition) is 0. The smallest absolute Gasteiger partial charge is 0.0603 e. The van der Waals surface area contributed by atoms with Gasteiger partial charge in [-0.15, -0.1) is 0 Å². The van der Waals surface area contributed by atoms with Crippen molar-refractivity contribution in [2.24, 2.45) is 29.6 Å². The first-order valence-corrected chi connectivity index (χ1v) is 11.9. The van der Waals surface area contributed by atoms with Crippen molar-refractivity contribution in [3.63, 3.8) is 0 Å². The molecule has 2 aliphatic carbocycles. The van der Waals surface area contributed by atoms with Gasteiger partial charge in [0.25, 0.3) is 0 Å². The van der Waals surface area contributed by atoms with Crippen molar-refractivity contribution in [1.82, 2.24) is 0 Å². The van der Waals surface area contributed by atoms with Gasteiger partial charge in [0.15, 0.2) is 0 Å². The fourth-order valence-electron chi connectivity index (χ4n) is 6.08. The molecule has 1 nitrogen and oxygen atoms in total. The van der Waals surface area contributed by atoms with Crippen LogP contribution >= 0.6 is 0 Å². The maximum Gasteiger partial charge on any atom is 0.0603 e. The van der Waals surface area contributed by atoms with Gasteiger partial charge in [-0.25, -0.2) is 0 Å². The van der Waals surface area contributed by atoms with E-state index in [4.69, 9.17) is 4.74 Å². The third kappa shape index (κ3) is 5.98. The van der Waals surface area contributed by atoms with Gasteiger partial charge in [-0.1, -0.05) is 78.1 Å². The summed E-state index contributed by atoms with van der Waals surface area (Å²) in [6.07, 6.45) is 22.6. The van der Waals surface area contributed by atoms with E-state index in [0.29, 0.717) is 6.10 Å². The van der Waals surface area contributed by atoms with Crippen LogP contribution < -0.4 is 0 Å². The maximum atomic E-state index is 6.29. The molecule has 3 rings (SSSR count). The van der Waals surface area contributed by atoms with Crippen molar-refractivity contribution < 1.29 is 4.74 Å². The normalized spacial score (nSPS) is 40.1. The summed E-state index contributed by atoms with van der Waals surface area (Å²) in [5.41, 5.74) is 0. The Hall–Kier alpha value is -0.0400. The van der Waals surface area contributed by atoms with Crippen LogP contribution in [0.15, 0.2) is 0 Å². The van der Waals surface area contributed by atoms with E-state index in [1.54, 1.807) is 0 Å². The minimum absolute atomic E-state index is 0.610. The largest absolute Gasteiger partial charge is 0.378 e. The summed E-state index contributed by atoms with van der Waals surface area (Å²) in [6, 6.07) is 0. The van der Waals surface area contributed by atoms with Crippen LogP contribution in [0.1, 0.15) is 110 Å². The highest BCUT2D eigenvalue weighted by Gasteiger charge is 2.31. The van der Waals surface area contributed by atoms with Crippen LogP contribution in [0, 0.1) is 29.6 Å². The number of rotatable bonds is 7. The average Bonchev–Trinajstić information content (AvgIpc) is 2.68. The Kier molecular flexibility index (Phi) is 8.15. The van der Waals surface area contributed by atoms with Crippen molar-refractivity contribution in [1.29, 1.82) is 0 Å². The third-order valence-electron chi connectivity index (χ3n) is 8.05. The van der Waals surface area contributed by atoms with Gasteiger partial charge in [0.1, 0.15) is 0 Å². The first kappa shape index (κ1) is 19.7. The highest BCUT2D eigenvalue weighted by Crippen LogP contribution is 2.40. The van der Waals surface area contributed by atoms with E-state index in [-0.39, 0.29) is 0 Å². The van der Waals surface area contributed by atoms with Gasteiger partial charge in [-0.2, -0.15) is 0 Å². The summed E-state index contributed by atoms with van der Waals surface area (Å²) in [6.45, 7) is 5.74. The van der Waals surface area contributed by atoms with E-state index < -0.39 is 0 Å². The molecule has 0 bridgehead atoms. The lowest BCUT2D eigenvalue weighted by Crippen LogP contribution is -2.34. The Labute approximate surface area is 157 Å². The Balaban J connectivity index is 1.29. The van der Waals surface area contributed by atoms with Crippen molar-refractivity contribution in [3.05, 3.63) is 0 Å². The van der Waals surface area contributed by atoms with Crippen molar-refractivity contribution >= 4 is 0 Å². The Morgan fingerprint density at radius 1 is 0.600 bits per heavy atom. The fraction of sp³-hybridized carbons (Fsp3) is 1.00. The molecule has 3 fully saturated rings. The molecule has 1 aliphatic heterocycles. The molecule has 25 heavy (non-hydrogen) atoms. The zero-order valence-corrected chi connectivity index (χ0v) is 17.2. The predicted molar refractivity (Wildman–Crippen MR) is 108 cm³/mol. The SMILES string of the molecule is CCCC1CCC(C2CCC(CCC3CCC(CC)CC3)CC2)OC1. The van der Waals surface area contributed by atoms with Gasteiger partial charge >= 0.3 is 0 Å². The molecule has 3 aliphatic rings. The molecule has 0 amide bonds. The summed E-state index contributed by atoms with van der Waals surface area (Å²) >= 11 is 0. The molecule has 2 atom stereocenters. The van der Waals surface area contributed by atoms with Gasteiger partial charge < -0.3 is 4.74 Å². The molecule has 0 aromatic carbocycles. The summed E-state index contributed by atoms with van der Waals surface area (Å²) < 4.78 is 6.29. The fourth-order valence-corrected chi connectivity index (χ4v) is 6.08. The predicted octanol–water partition coefficient (Wildman–Crippen LogP) is 7.38. The number of ether oxygens (including phenoxy) is 1. The minimum atomic E-state index is 0.610. The van der Waals surface area contributed by atoms with Crippen LogP contribution in [-0.2, 0) is 4.74 Å². The minimum Gasteiger partial charge on any atom is -0.378 e.